The Kier molecular flexibility index (Phi) is 14.9. The fraction of sp³-hybridized carbons (Fsp3) is 0.226. The van der Waals surface area contributed by atoms with Gasteiger partial charge in [0, 0.05) is 27.7 Å². The van der Waals surface area contributed by atoms with Crippen molar-refractivity contribution in [1.82, 2.24) is 9.55 Å². The molecule has 2 heterocycles. The zero-order valence-electron chi connectivity index (χ0n) is 36.3. The summed E-state index contributed by atoms with van der Waals surface area (Å²) in [6, 6.07) is 57.7. The molecule has 0 radical (unpaired) electrons. The summed E-state index contributed by atoms with van der Waals surface area (Å²) in [7, 11) is -1.81. The van der Waals surface area contributed by atoms with Crippen LogP contribution in [0.5, 0.6) is 0 Å². The number of ether oxygens (including phenoxy) is 5. The summed E-state index contributed by atoms with van der Waals surface area (Å²) < 4.78 is 40.6. The Bertz CT molecular complexity index is 2670. The first-order valence-electron chi connectivity index (χ1n) is 21.6. The largest absolute Gasteiger partial charge is 0.467 e. The van der Waals surface area contributed by atoms with Gasteiger partial charge in [-0.05, 0) is 23.6 Å². The molecule has 1 aliphatic rings. The molecule has 1 fully saturated rings. The summed E-state index contributed by atoms with van der Waals surface area (Å²) >= 11 is 0. The third kappa shape index (κ3) is 10.4. The molecule has 1 aromatic heterocycles. The number of methoxy groups -OCH3 is 1. The van der Waals surface area contributed by atoms with E-state index in [1.54, 1.807) is 6.92 Å². The van der Waals surface area contributed by atoms with Gasteiger partial charge in [0.1, 0.15) is 18.4 Å². The van der Waals surface area contributed by atoms with Crippen LogP contribution < -0.4 is 27.2 Å². The van der Waals surface area contributed by atoms with Crippen molar-refractivity contribution >= 4 is 28.9 Å². The Morgan fingerprint density at radius 1 is 0.646 bits per heavy atom. The van der Waals surface area contributed by atoms with E-state index in [4.69, 9.17) is 28.4 Å². The van der Waals surface area contributed by atoms with Crippen LogP contribution in [0.25, 0.3) is 0 Å². The van der Waals surface area contributed by atoms with Crippen molar-refractivity contribution < 1.29 is 28.5 Å². The number of carbonyl (C=O) groups is 1. The van der Waals surface area contributed by atoms with Crippen molar-refractivity contribution in [2.75, 3.05) is 13.7 Å². The lowest BCUT2D eigenvalue weighted by atomic mass is 9.83. The molecular weight excluding hydrogens is 838 g/mol. The predicted octanol–water partition coefficient (Wildman–Crippen LogP) is 7.47. The third-order valence-electron chi connectivity index (χ3n) is 11.6. The zero-order valence-corrected chi connectivity index (χ0v) is 37.2. The molecule has 65 heavy (non-hydrogen) atoms. The van der Waals surface area contributed by atoms with Crippen LogP contribution in [-0.2, 0) is 48.3 Å². The maximum atomic E-state index is 15.1. The number of esters is 1. The monoisotopic (exact) mass is 889 g/mol. The van der Waals surface area contributed by atoms with Crippen molar-refractivity contribution in [2.24, 2.45) is 10.7 Å². The van der Waals surface area contributed by atoms with E-state index in [0.29, 0.717) is 0 Å². The molecule has 0 bridgehead atoms. The number of hydrogen-bond acceptors (Lipinski definition) is 9. The van der Waals surface area contributed by atoms with Gasteiger partial charge in [0.05, 0.1) is 52.6 Å². The number of nitrogens with zero attached hydrogens (tertiary/aromatic N) is 2. The number of nitrogens with one attached hydrogen (secondary N) is 1. The van der Waals surface area contributed by atoms with Gasteiger partial charge in [-0.2, -0.15) is 0 Å². The zero-order chi connectivity index (χ0) is 45.0. The van der Waals surface area contributed by atoms with Crippen LogP contribution in [0.3, 0.4) is 0 Å². The Labute approximate surface area is 378 Å². The van der Waals surface area contributed by atoms with Crippen molar-refractivity contribution in [3.8, 4) is 0 Å². The lowest BCUT2D eigenvalue weighted by Gasteiger charge is -2.48. The normalized spacial score (nSPS) is 19.0. The molecular formula is C53H52N3O8P. The second kappa shape index (κ2) is 21.5. The van der Waals surface area contributed by atoms with E-state index in [1.165, 1.54) is 17.9 Å². The van der Waals surface area contributed by atoms with Crippen LogP contribution in [-0.4, -0.2) is 53.6 Å². The number of carbonyl (C=O) groups excluding carboxylic acids is 1. The Balaban J connectivity index is 1.39. The van der Waals surface area contributed by atoms with E-state index in [2.05, 4.69) is 4.98 Å². The molecule has 0 aliphatic carbocycles. The summed E-state index contributed by atoms with van der Waals surface area (Å²) in [6.07, 6.45) is -2.56. The Hall–Kier alpha value is -6.46. The van der Waals surface area contributed by atoms with Gasteiger partial charge >= 0.3 is 11.7 Å². The highest BCUT2D eigenvalue weighted by molar-refractivity contribution is 7.87. The van der Waals surface area contributed by atoms with Crippen LogP contribution in [0.1, 0.15) is 28.5 Å². The maximum absolute atomic E-state index is 15.1. The molecule has 0 saturated carbocycles. The van der Waals surface area contributed by atoms with Gasteiger partial charge in [-0.1, -0.05) is 182 Å². The number of aryl methyl sites for hydroxylation is 1. The summed E-state index contributed by atoms with van der Waals surface area (Å²) in [5.41, 5.74) is 1.72. The summed E-state index contributed by atoms with van der Waals surface area (Å²) in [5.74, 6) is -1.77. The number of rotatable bonds is 17. The Morgan fingerprint density at radius 3 is 1.54 bits per heavy atom. The summed E-state index contributed by atoms with van der Waals surface area (Å²) in [5, 5.41) is 2.67. The van der Waals surface area contributed by atoms with Gasteiger partial charge in [-0.15, -0.1) is 0 Å². The molecule has 8 rings (SSSR count). The van der Waals surface area contributed by atoms with Gasteiger partial charge < -0.3 is 23.7 Å². The molecule has 332 valence electrons. The van der Waals surface area contributed by atoms with E-state index in [9.17, 15) is 9.59 Å². The van der Waals surface area contributed by atoms with Crippen molar-refractivity contribution in [3.63, 3.8) is 0 Å². The van der Waals surface area contributed by atoms with Gasteiger partial charge in [0.15, 0.2) is 6.04 Å². The first kappa shape index (κ1) is 45.1. The van der Waals surface area contributed by atoms with Crippen molar-refractivity contribution in [1.29, 1.82) is 0 Å². The highest BCUT2D eigenvalue weighted by Gasteiger charge is 2.54. The lowest BCUT2D eigenvalue weighted by Crippen LogP contribution is -2.61. The number of aromatic nitrogens is 2. The second-order valence-corrected chi connectivity index (χ2v) is 18.9. The first-order valence-corrected chi connectivity index (χ1v) is 23.4. The van der Waals surface area contributed by atoms with E-state index >= 15 is 4.79 Å². The third-order valence-corrected chi connectivity index (χ3v) is 15.3. The van der Waals surface area contributed by atoms with Crippen LogP contribution in [0.4, 0.5) is 0 Å². The number of hydrogen-bond donors (Lipinski definition) is 1. The van der Waals surface area contributed by atoms with E-state index in [-0.39, 0.29) is 32.0 Å². The second-order valence-electron chi connectivity index (χ2n) is 15.9. The fourth-order valence-corrected chi connectivity index (χ4v) is 12.1. The molecule has 6 aromatic carbocycles. The van der Waals surface area contributed by atoms with Gasteiger partial charge in [-0.25, -0.2) is 9.59 Å². The van der Waals surface area contributed by atoms with E-state index in [1.807, 2.05) is 182 Å². The number of aromatic amines is 1. The molecule has 1 saturated heterocycles. The van der Waals surface area contributed by atoms with Gasteiger partial charge in [0.25, 0.3) is 5.56 Å². The fourth-order valence-electron chi connectivity index (χ4n) is 8.41. The van der Waals surface area contributed by atoms with Crippen molar-refractivity contribution in [3.05, 3.63) is 231 Å². The maximum Gasteiger partial charge on any atom is 0.331 e. The van der Waals surface area contributed by atoms with E-state index in [0.717, 1.165) is 32.6 Å². The first-order chi connectivity index (χ1) is 31.9. The van der Waals surface area contributed by atoms with E-state index < -0.39 is 60.8 Å². The minimum Gasteiger partial charge on any atom is -0.467 e. The van der Waals surface area contributed by atoms with Crippen LogP contribution in [0.2, 0.25) is 0 Å². The molecule has 11 nitrogen and oxygen atoms in total. The molecule has 0 spiro atoms. The summed E-state index contributed by atoms with van der Waals surface area (Å²) in [4.78, 5) is 44.7. The molecule has 0 amide bonds. The minimum atomic E-state index is -3.14. The minimum absolute atomic E-state index is 0.0227. The highest BCUT2D eigenvalue weighted by Crippen LogP contribution is 2.50. The quantitative estimate of drug-likeness (QED) is 0.0737. The van der Waals surface area contributed by atoms with Gasteiger partial charge in [-0.3, -0.25) is 19.1 Å². The number of H-pyrrole nitrogens is 1. The summed E-state index contributed by atoms with van der Waals surface area (Å²) in [6.45, 7) is 2.18. The molecule has 7 aromatic rings. The number of benzene rings is 6. The molecule has 0 unspecified atom stereocenters. The SMILES string of the molecule is COC(=O)[C@H](N=P(c1ccccc1)(c1ccccc1)c1ccccc1)[C@@H]1[C@@H](OCc2ccccc2)[C@H](OCc2ccccc2)[C@@H](COCc2ccccc2)O[C@H]1n1cc(C)c(=O)[nH]c1=O. The highest BCUT2D eigenvalue weighted by atomic mass is 31.2. The van der Waals surface area contributed by atoms with Crippen LogP contribution in [0.15, 0.2) is 203 Å². The molecule has 1 N–H and O–H groups in total. The average Bonchev–Trinajstić information content (AvgIpc) is 3.36. The van der Waals surface area contributed by atoms with Gasteiger partial charge in [0.2, 0.25) is 0 Å². The average molecular weight is 890 g/mol. The predicted molar refractivity (Wildman–Crippen MR) is 253 cm³/mol. The smallest absolute Gasteiger partial charge is 0.331 e. The van der Waals surface area contributed by atoms with Crippen LogP contribution in [0, 0.1) is 12.8 Å². The molecule has 12 heteroatoms. The lowest BCUT2D eigenvalue weighted by molar-refractivity contribution is -0.267. The standard InChI is InChI=1S/C53H52N3O8P/c1-38-33-56(53(59)54-50(38)57)51-46(47(52(58)60-2)55-65(42-27-15-6-16-28-42,43-29-17-7-18-30-43)44-31-19-8-20-32-44)49(63-36-41-25-13-5-14-26-41)48(62-35-40-23-11-4-12-24-40)45(64-51)37-61-34-39-21-9-3-10-22-39/h3-33,45-49,51H,34-37H2,1-2H3,(H,54,57,59)/t45-,46-,47-,48-,49-,51-/m1/s1. The molecule has 1 aliphatic heterocycles. The van der Waals surface area contributed by atoms with Crippen LogP contribution >= 0.6 is 7.05 Å². The topological polar surface area (TPSA) is 130 Å². The molecule has 6 atom stereocenters. The Morgan fingerprint density at radius 2 is 1.08 bits per heavy atom. The van der Waals surface area contributed by atoms with Crippen molar-refractivity contribution in [2.45, 2.75) is 57.3 Å².